The van der Waals surface area contributed by atoms with E-state index in [1.165, 1.54) is 6.42 Å². The molecule has 2 heterocycles. The van der Waals surface area contributed by atoms with Crippen LogP contribution in [0.3, 0.4) is 0 Å². The number of amides is 1. The number of H-pyrrole nitrogens is 1. The molecule has 1 aromatic heterocycles. The molecule has 4 rings (SSSR count). The van der Waals surface area contributed by atoms with Gasteiger partial charge in [-0.15, -0.1) is 0 Å². The SMILES string of the molecule is NC1CC[C@@H]2CN(C(=O)c3cccc4[nH]ccc34)C[C@@H]2C1. The number of fused-ring (bicyclic) bond motifs is 2. The van der Waals surface area contributed by atoms with Crippen molar-refractivity contribution in [2.45, 2.75) is 25.3 Å². The lowest BCUT2D eigenvalue weighted by Crippen LogP contribution is -2.32. The van der Waals surface area contributed by atoms with Crippen molar-refractivity contribution in [2.24, 2.45) is 17.6 Å². The standard InChI is InChI=1S/C17H21N3O/c18-13-5-4-11-9-20(10-12(11)8-13)17(21)15-2-1-3-16-14(15)6-7-19-16/h1-3,6-7,11-13,19H,4-5,8-10,18H2/t11-,12+,13?/m1/s1. The maximum atomic E-state index is 12.9. The number of nitrogens with two attached hydrogens (primary N) is 1. The second-order valence-electron chi connectivity index (χ2n) is 6.55. The van der Waals surface area contributed by atoms with Gasteiger partial charge in [-0.05, 0) is 49.3 Å². The largest absolute Gasteiger partial charge is 0.361 e. The van der Waals surface area contributed by atoms with Crippen LogP contribution in [0.5, 0.6) is 0 Å². The van der Waals surface area contributed by atoms with Crippen LogP contribution in [-0.4, -0.2) is 34.9 Å². The molecular formula is C17H21N3O. The molecule has 4 nitrogen and oxygen atoms in total. The third-order valence-electron chi connectivity index (χ3n) is 5.20. The van der Waals surface area contributed by atoms with Crippen LogP contribution in [-0.2, 0) is 0 Å². The summed E-state index contributed by atoms with van der Waals surface area (Å²) >= 11 is 0. The van der Waals surface area contributed by atoms with Crippen LogP contribution < -0.4 is 5.73 Å². The lowest BCUT2D eigenvalue weighted by Gasteiger charge is -2.27. The van der Waals surface area contributed by atoms with Crippen molar-refractivity contribution in [3.63, 3.8) is 0 Å². The Morgan fingerprint density at radius 2 is 2.05 bits per heavy atom. The van der Waals surface area contributed by atoms with Crippen molar-refractivity contribution in [3.8, 4) is 0 Å². The first-order valence-corrected chi connectivity index (χ1v) is 7.83. The van der Waals surface area contributed by atoms with Crippen LogP contribution in [0.2, 0.25) is 0 Å². The molecule has 1 amide bonds. The molecule has 1 saturated heterocycles. The van der Waals surface area contributed by atoms with Gasteiger partial charge in [-0.1, -0.05) is 6.07 Å². The van der Waals surface area contributed by atoms with Gasteiger partial charge in [-0.2, -0.15) is 0 Å². The summed E-state index contributed by atoms with van der Waals surface area (Å²) in [5.74, 6) is 1.42. The average Bonchev–Trinajstić information content (AvgIpc) is 3.11. The number of rotatable bonds is 1. The fourth-order valence-corrected chi connectivity index (χ4v) is 4.08. The van der Waals surface area contributed by atoms with Gasteiger partial charge in [0.15, 0.2) is 0 Å². The van der Waals surface area contributed by atoms with Crippen LogP contribution >= 0.6 is 0 Å². The van der Waals surface area contributed by atoms with Gasteiger partial charge in [0.05, 0.1) is 0 Å². The summed E-state index contributed by atoms with van der Waals surface area (Å²) in [5.41, 5.74) is 7.92. The van der Waals surface area contributed by atoms with Crippen LogP contribution in [0.4, 0.5) is 0 Å². The Morgan fingerprint density at radius 3 is 2.95 bits per heavy atom. The van der Waals surface area contributed by atoms with Crippen LogP contribution in [0.1, 0.15) is 29.6 Å². The van der Waals surface area contributed by atoms with E-state index in [0.29, 0.717) is 17.9 Å². The highest BCUT2D eigenvalue weighted by Crippen LogP contribution is 2.36. The van der Waals surface area contributed by atoms with Crippen molar-refractivity contribution in [1.29, 1.82) is 0 Å². The van der Waals surface area contributed by atoms with Gasteiger partial charge in [-0.3, -0.25) is 4.79 Å². The fraction of sp³-hybridized carbons (Fsp3) is 0.471. The predicted molar refractivity (Wildman–Crippen MR) is 83.0 cm³/mol. The molecule has 1 aromatic carbocycles. The molecule has 2 fully saturated rings. The van der Waals surface area contributed by atoms with E-state index in [-0.39, 0.29) is 5.91 Å². The predicted octanol–water partition coefficient (Wildman–Crippen LogP) is 2.37. The minimum absolute atomic E-state index is 0.170. The number of aromatic nitrogens is 1. The molecule has 0 bridgehead atoms. The molecule has 110 valence electrons. The minimum Gasteiger partial charge on any atom is -0.361 e. The third-order valence-corrected chi connectivity index (χ3v) is 5.20. The number of benzene rings is 1. The Bertz CT molecular complexity index is 677. The van der Waals surface area contributed by atoms with E-state index in [1.54, 1.807) is 0 Å². The summed E-state index contributed by atoms with van der Waals surface area (Å²) in [4.78, 5) is 18.1. The maximum Gasteiger partial charge on any atom is 0.254 e. The second-order valence-corrected chi connectivity index (χ2v) is 6.55. The van der Waals surface area contributed by atoms with Gasteiger partial charge in [0.25, 0.3) is 5.91 Å². The first-order valence-electron chi connectivity index (χ1n) is 7.83. The van der Waals surface area contributed by atoms with E-state index in [9.17, 15) is 4.79 Å². The van der Waals surface area contributed by atoms with Gasteiger partial charge in [0.1, 0.15) is 0 Å². The number of nitrogens with zero attached hydrogens (tertiary/aromatic N) is 1. The summed E-state index contributed by atoms with van der Waals surface area (Å²) in [6.07, 6.45) is 5.24. The third kappa shape index (κ3) is 2.14. The Hall–Kier alpha value is -1.81. The first-order chi connectivity index (χ1) is 10.2. The lowest BCUT2D eigenvalue weighted by molar-refractivity contribution is 0.0786. The summed E-state index contributed by atoms with van der Waals surface area (Å²) in [7, 11) is 0. The van der Waals surface area contributed by atoms with Crippen molar-refractivity contribution < 1.29 is 4.79 Å². The molecular weight excluding hydrogens is 262 g/mol. The molecule has 1 saturated carbocycles. The van der Waals surface area contributed by atoms with Gasteiger partial charge in [-0.25, -0.2) is 0 Å². The fourth-order valence-electron chi connectivity index (χ4n) is 4.08. The van der Waals surface area contributed by atoms with E-state index in [2.05, 4.69) is 4.98 Å². The smallest absolute Gasteiger partial charge is 0.254 e. The zero-order chi connectivity index (χ0) is 14.4. The molecule has 0 radical (unpaired) electrons. The van der Waals surface area contributed by atoms with Crippen molar-refractivity contribution >= 4 is 16.8 Å². The van der Waals surface area contributed by atoms with Gasteiger partial charge < -0.3 is 15.6 Å². The molecule has 1 aliphatic carbocycles. The number of hydrogen-bond donors (Lipinski definition) is 2. The Balaban J connectivity index is 1.60. The normalized spacial score (nSPS) is 28.8. The monoisotopic (exact) mass is 283 g/mol. The highest BCUT2D eigenvalue weighted by Gasteiger charge is 2.38. The summed E-state index contributed by atoms with van der Waals surface area (Å²) in [6, 6.07) is 8.21. The minimum atomic E-state index is 0.170. The van der Waals surface area contributed by atoms with Crippen molar-refractivity contribution in [1.82, 2.24) is 9.88 Å². The average molecular weight is 283 g/mol. The van der Waals surface area contributed by atoms with Gasteiger partial charge >= 0.3 is 0 Å². The highest BCUT2D eigenvalue weighted by atomic mass is 16.2. The van der Waals surface area contributed by atoms with Crippen LogP contribution in [0, 0.1) is 11.8 Å². The molecule has 3 N–H and O–H groups in total. The molecule has 1 aliphatic heterocycles. The first kappa shape index (κ1) is 12.9. The van der Waals surface area contributed by atoms with Gasteiger partial charge in [0, 0.05) is 41.8 Å². The molecule has 4 heteroatoms. The molecule has 2 aromatic rings. The summed E-state index contributed by atoms with van der Waals surface area (Å²) < 4.78 is 0. The maximum absolute atomic E-state index is 12.9. The number of nitrogens with one attached hydrogen (secondary N) is 1. The Morgan fingerprint density at radius 1 is 1.19 bits per heavy atom. The van der Waals surface area contributed by atoms with Gasteiger partial charge in [0.2, 0.25) is 0 Å². The summed E-state index contributed by atoms with van der Waals surface area (Å²) in [6.45, 7) is 1.77. The number of carbonyl (C=O) groups is 1. The van der Waals surface area contributed by atoms with Crippen LogP contribution in [0.25, 0.3) is 10.9 Å². The number of aromatic amines is 1. The zero-order valence-electron chi connectivity index (χ0n) is 12.1. The second kappa shape index (κ2) is 4.88. The van der Waals surface area contributed by atoms with Crippen LogP contribution in [0.15, 0.2) is 30.5 Å². The van der Waals surface area contributed by atoms with E-state index >= 15 is 0 Å². The topological polar surface area (TPSA) is 62.1 Å². The van der Waals surface area contributed by atoms with E-state index in [4.69, 9.17) is 5.73 Å². The summed E-state index contributed by atoms with van der Waals surface area (Å²) in [5, 5.41) is 1.02. The van der Waals surface area contributed by atoms with Crippen molar-refractivity contribution in [2.75, 3.05) is 13.1 Å². The van der Waals surface area contributed by atoms with E-state index in [0.717, 1.165) is 42.4 Å². The zero-order valence-corrected chi connectivity index (χ0v) is 12.1. The molecule has 1 unspecified atom stereocenters. The van der Waals surface area contributed by atoms with E-state index in [1.807, 2.05) is 35.4 Å². The lowest BCUT2D eigenvalue weighted by atomic mass is 9.79. The number of hydrogen-bond acceptors (Lipinski definition) is 2. The molecule has 21 heavy (non-hydrogen) atoms. The quantitative estimate of drug-likeness (QED) is 0.844. The Kier molecular flexibility index (Phi) is 3.00. The van der Waals surface area contributed by atoms with E-state index < -0.39 is 0 Å². The van der Waals surface area contributed by atoms with Crippen molar-refractivity contribution in [3.05, 3.63) is 36.0 Å². The number of likely N-dealkylation sites (tertiary alicyclic amines) is 1. The Labute approximate surface area is 124 Å². The number of carbonyl (C=O) groups excluding carboxylic acids is 1. The highest BCUT2D eigenvalue weighted by molar-refractivity contribution is 6.06. The molecule has 0 spiro atoms. The molecule has 2 aliphatic rings. The molecule has 3 atom stereocenters.